The molecule has 1 aromatic rings. The van der Waals surface area contributed by atoms with E-state index in [1.54, 1.807) is 0 Å². The van der Waals surface area contributed by atoms with Gasteiger partial charge in [-0.3, -0.25) is 0 Å². The normalized spacial score (nSPS) is 13.5. The highest BCUT2D eigenvalue weighted by Crippen LogP contribution is 2.19. The molecule has 0 heterocycles. The van der Waals surface area contributed by atoms with Crippen LogP contribution in [0.5, 0.6) is 5.75 Å². The van der Waals surface area contributed by atoms with Crippen LogP contribution in [0.15, 0.2) is 29.3 Å². The van der Waals surface area contributed by atoms with Gasteiger partial charge >= 0.3 is 0 Å². The molecular formula is C19H33N3O3S. The van der Waals surface area contributed by atoms with Crippen molar-refractivity contribution in [1.29, 1.82) is 0 Å². The predicted molar refractivity (Wildman–Crippen MR) is 109 cm³/mol. The number of para-hydroxylation sites is 1. The van der Waals surface area contributed by atoms with Gasteiger partial charge in [0.1, 0.15) is 15.6 Å². The molecule has 1 atom stereocenters. The average Bonchev–Trinajstić information content (AvgIpc) is 2.56. The number of hydrogen-bond donors (Lipinski definition) is 2. The molecule has 0 aliphatic heterocycles. The largest absolute Gasteiger partial charge is 0.493 e. The van der Waals surface area contributed by atoms with Gasteiger partial charge in [0, 0.05) is 24.4 Å². The molecule has 1 aromatic carbocycles. The van der Waals surface area contributed by atoms with Crippen molar-refractivity contribution in [2.24, 2.45) is 10.9 Å². The van der Waals surface area contributed by atoms with Crippen LogP contribution in [0.2, 0.25) is 0 Å². The van der Waals surface area contributed by atoms with Crippen molar-refractivity contribution in [2.45, 2.75) is 46.7 Å². The summed E-state index contributed by atoms with van der Waals surface area (Å²) in [4.78, 5) is 4.62. The van der Waals surface area contributed by atoms with Crippen LogP contribution in [0.25, 0.3) is 0 Å². The van der Waals surface area contributed by atoms with Crippen LogP contribution < -0.4 is 15.4 Å². The van der Waals surface area contributed by atoms with Crippen molar-refractivity contribution in [3.05, 3.63) is 29.8 Å². The minimum atomic E-state index is -2.96. The number of aliphatic imine (C=N–C) groups is 1. The number of sulfone groups is 1. The quantitative estimate of drug-likeness (QED) is 0.479. The molecule has 148 valence electrons. The SMILES string of the molecule is CCNC(=NCc1ccccc1OCC(C)C)NC(C)CCS(C)(=O)=O. The summed E-state index contributed by atoms with van der Waals surface area (Å²) in [6.45, 7) is 10.1. The summed E-state index contributed by atoms with van der Waals surface area (Å²) < 4.78 is 28.5. The van der Waals surface area contributed by atoms with Crippen molar-refractivity contribution in [1.82, 2.24) is 10.6 Å². The van der Waals surface area contributed by atoms with Gasteiger partial charge in [-0.15, -0.1) is 0 Å². The predicted octanol–water partition coefficient (Wildman–Crippen LogP) is 2.60. The first kappa shape index (κ1) is 22.3. The summed E-state index contributed by atoms with van der Waals surface area (Å²) in [7, 11) is -2.96. The number of ether oxygens (including phenoxy) is 1. The lowest BCUT2D eigenvalue weighted by atomic mass is 10.2. The second-order valence-corrected chi connectivity index (χ2v) is 9.23. The molecule has 0 radical (unpaired) electrons. The van der Waals surface area contributed by atoms with E-state index in [0.717, 1.165) is 17.9 Å². The van der Waals surface area contributed by atoms with E-state index in [-0.39, 0.29) is 11.8 Å². The summed E-state index contributed by atoms with van der Waals surface area (Å²) in [5, 5.41) is 6.46. The Labute approximate surface area is 158 Å². The van der Waals surface area contributed by atoms with Gasteiger partial charge in [0.05, 0.1) is 18.9 Å². The zero-order valence-corrected chi connectivity index (χ0v) is 17.4. The summed E-state index contributed by atoms with van der Waals surface area (Å²) in [5.74, 6) is 2.14. The Morgan fingerprint density at radius 3 is 2.54 bits per heavy atom. The molecular weight excluding hydrogens is 350 g/mol. The highest BCUT2D eigenvalue weighted by molar-refractivity contribution is 7.90. The van der Waals surface area contributed by atoms with E-state index >= 15 is 0 Å². The third-order valence-electron chi connectivity index (χ3n) is 3.60. The number of nitrogens with one attached hydrogen (secondary N) is 2. The van der Waals surface area contributed by atoms with Crippen molar-refractivity contribution >= 4 is 15.8 Å². The molecule has 0 amide bonds. The molecule has 0 spiro atoms. The van der Waals surface area contributed by atoms with Crippen LogP contribution in [0.1, 0.15) is 39.7 Å². The number of benzene rings is 1. The average molecular weight is 384 g/mol. The molecule has 0 saturated carbocycles. The first-order valence-electron chi connectivity index (χ1n) is 9.14. The van der Waals surface area contributed by atoms with Crippen molar-refractivity contribution in [3.8, 4) is 5.75 Å². The Hall–Kier alpha value is -1.76. The standard InChI is InChI=1S/C19H33N3O3S/c1-6-20-19(22-16(4)11-12-26(5,23)24)21-13-17-9-7-8-10-18(17)25-14-15(2)3/h7-10,15-16H,6,11-14H2,1-5H3,(H2,20,21,22). The highest BCUT2D eigenvalue weighted by Gasteiger charge is 2.10. The van der Waals surface area contributed by atoms with Crippen LogP contribution in [-0.4, -0.2) is 45.6 Å². The van der Waals surface area contributed by atoms with Crippen LogP contribution in [0.3, 0.4) is 0 Å². The van der Waals surface area contributed by atoms with Crippen LogP contribution in [-0.2, 0) is 16.4 Å². The van der Waals surface area contributed by atoms with Gasteiger partial charge in [0.2, 0.25) is 0 Å². The van der Waals surface area contributed by atoms with Crippen LogP contribution >= 0.6 is 0 Å². The lowest BCUT2D eigenvalue weighted by Gasteiger charge is -2.18. The Morgan fingerprint density at radius 2 is 1.92 bits per heavy atom. The van der Waals surface area contributed by atoms with Gasteiger partial charge in [-0.1, -0.05) is 32.0 Å². The second-order valence-electron chi connectivity index (χ2n) is 6.97. The van der Waals surface area contributed by atoms with Gasteiger partial charge < -0.3 is 15.4 Å². The summed E-state index contributed by atoms with van der Waals surface area (Å²) >= 11 is 0. The fraction of sp³-hybridized carbons (Fsp3) is 0.632. The lowest BCUT2D eigenvalue weighted by molar-refractivity contribution is 0.268. The molecule has 26 heavy (non-hydrogen) atoms. The Bertz CT molecular complexity index is 672. The van der Waals surface area contributed by atoms with Gasteiger partial charge in [-0.05, 0) is 32.3 Å². The molecule has 0 aliphatic rings. The fourth-order valence-corrected chi connectivity index (χ4v) is 2.99. The van der Waals surface area contributed by atoms with E-state index in [4.69, 9.17) is 4.74 Å². The number of nitrogens with zero attached hydrogens (tertiary/aromatic N) is 1. The monoisotopic (exact) mass is 383 g/mol. The van der Waals surface area contributed by atoms with Gasteiger partial charge in [0.25, 0.3) is 0 Å². The molecule has 2 N–H and O–H groups in total. The molecule has 1 unspecified atom stereocenters. The molecule has 0 aliphatic carbocycles. The summed E-state index contributed by atoms with van der Waals surface area (Å²) in [6.07, 6.45) is 1.80. The molecule has 1 rings (SSSR count). The number of hydrogen-bond acceptors (Lipinski definition) is 4. The smallest absolute Gasteiger partial charge is 0.191 e. The zero-order chi connectivity index (χ0) is 19.6. The molecule has 0 bridgehead atoms. The molecule has 0 aromatic heterocycles. The second kappa shape index (κ2) is 11.1. The summed E-state index contributed by atoms with van der Waals surface area (Å²) in [5.41, 5.74) is 1.02. The van der Waals surface area contributed by atoms with Crippen molar-refractivity contribution in [3.63, 3.8) is 0 Å². The number of guanidine groups is 1. The van der Waals surface area contributed by atoms with Crippen LogP contribution in [0.4, 0.5) is 0 Å². The van der Waals surface area contributed by atoms with Crippen molar-refractivity contribution < 1.29 is 13.2 Å². The topological polar surface area (TPSA) is 79.8 Å². The van der Waals surface area contributed by atoms with Gasteiger partial charge in [-0.2, -0.15) is 0 Å². The van der Waals surface area contributed by atoms with E-state index in [2.05, 4.69) is 29.5 Å². The number of rotatable bonds is 10. The minimum Gasteiger partial charge on any atom is -0.493 e. The molecule has 6 nitrogen and oxygen atoms in total. The Kier molecular flexibility index (Phi) is 9.48. The van der Waals surface area contributed by atoms with E-state index in [0.29, 0.717) is 31.4 Å². The van der Waals surface area contributed by atoms with Crippen LogP contribution in [0, 0.1) is 5.92 Å². The van der Waals surface area contributed by atoms with E-state index in [1.165, 1.54) is 6.26 Å². The minimum absolute atomic E-state index is 0.00922. The highest BCUT2D eigenvalue weighted by atomic mass is 32.2. The van der Waals surface area contributed by atoms with E-state index in [1.807, 2.05) is 38.1 Å². The maximum Gasteiger partial charge on any atom is 0.191 e. The van der Waals surface area contributed by atoms with E-state index < -0.39 is 9.84 Å². The molecule has 0 fully saturated rings. The zero-order valence-electron chi connectivity index (χ0n) is 16.6. The first-order chi connectivity index (χ1) is 12.2. The maximum absolute atomic E-state index is 11.3. The Morgan fingerprint density at radius 1 is 1.23 bits per heavy atom. The lowest BCUT2D eigenvalue weighted by Crippen LogP contribution is -2.42. The summed E-state index contributed by atoms with van der Waals surface area (Å²) in [6, 6.07) is 7.91. The van der Waals surface area contributed by atoms with Gasteiger partial charge in [0.15, 0.2) is 5.96 Å². The van der Waals surface area contributed by atoms with Crippen molar-refractivity contribution in [2.75, 3.05) is 25.2 Å². The third kappa shape index (κ3) is 9.65. The third-order valence-corrected chi connectivity index (χ3v) is 4.58. The molecule has 7 heteroatoms. The van der Waals surface area contributed by atoms with E-state index in [9.17, 15) is 8.42 Å². The first-order valence-corrected chi connectivity index (χ1v) is 11.2. The molecule has 0 saturated heterocycles. The van der Waals surface area contributed by atoms with Gasteiger partial charge in [-0.25, -0.2) is 13.4 Å². The Balaban J connectivity index is 2.74. The maximum atomic E-state index is 11.3. The fourth-order valence-electron chi connectivity index (χ4n) is 2.21.